The molecule has 0 spiro atoms. The van der Waals surface area contributed by atoms with E-state index in [1.807, 2.05) is 0 Å². The maximum Gasteiger partial charge on any atom is 0.109 e. The summed E-state index contributed by atoms with van der Waals surface area (Å²) in [6.45, 7) is 0.482. The predicted octanol–water partition coefficient (Wildman–Crippen LogP) is -4.90. The van der Waals surface area contributed by atoms with Gasteiger partial charge in [-0.1, -0.05) is 0 Å². The monoisotopic (exact) mass is 310 g/mol. The van der Waals surface area contributed by atoms with Crippen molar-refractivity contribution in [1.82, 2.24) is 10.6 Å². The van der Waals surface area contributed by atoms with Gasteiger partial charge in [-0.15, -0.1) is 0 Å². The fourth-order valence-corrected chi connectivity index (χ4v) is 2.30. The molecule has 9 N–H and O–H groups in total. The zero-order chi connectivity index (χ0) is 16.0. The molecule has 2 aliphatic rings. The Morgan fingerprint density at radius 1 is 0.714 bits per heavy atom. The summed E-state index contributed by atoms with van der Waals surface area (Å²) in [6.07, 6.45) is -4.15. The van der Waals surface area contributed by atoms with Gasteiger partial charge in [-0.2, -0.15) is 0 Å². The van der Waals surface area contributed by atoms with Crippen molar-refractivity contribution in [1.29, 1.82) is 0 Å². The minimum absolute atomic E-state index is 0.127. The third-order valence-corrected chi connectivity index (χ3v) is 3.79. The van der Waals surface area contributed by atoms with Crippen LogP contribution in [0.25, 0.3) is 0 Å². The van der Waals surface area contributed by atoms with Gasteiger partial charge in [-0.25, -0.2) is 0 Å². The van der Waals surface area contributed by atoms with Gasteiger partial charge < -0.3 is 46.4 Å². The number of hydrogen-bond acceptors (Lipinski definition) is 9. The zero-order valence-electron chi connectivity index (χ0n) is 11.7. The highest BCUT2D eigenvalue weighted by molar-refractivity contribution is 4.91. The van der Waals surface area contributed by atoms with Gasteiger partial charge in [0.15, 0.2) is 0 Å². The quantitative estimate of drug-likeness (QED) is 0.243. The summed E-state index contributed by atoms with van der Waals surface area (Å²) in [6, 6.07) is -0.892. The summed E-state index contributed by atoms with van der Waals surface area (Å²) < 4.78 is 0. The molecule has 7 atom stereocenters. The van der Waals surface area contributed by atoms with Crippen LogP contribution in [0.3, 0.4) is 0 Å². The SMILES string of the molecule is OC[C@H]1NCC[C@@H](O)[C@@H]1O.OC[C@H]1NC[C@H](O)[C@@H](O)[C@@H]1O. The van der Waals surface area contributed by atoms with Crippen molar-refractivity contribution in [2.24, 2.45) is 0 Å². The van der Waals surface area contributed by atoms with E-state index in [0.29, 0.717) is 13.0 Å². The Bertz CT molecular complexity index is 295. The van der Waals surface area contributed by atoms with Gasteiger partial charge in [0.05, 0.1) is 49.7 Å². The van der Waals surface area contributed by atoms with Crippen LogP contribution in [0.15, 0.2) is 0 Å². The lowest BCUT2D eigenvalue weighted by atomic mass is 9.97. The number of piperidine rings is 2. The van der Waals surface area contributed by atoms with E-state index in [1.54, 1.807) is 0 Å². The standard InChI is InChI=1S/C6H13NO4.C6H13NO3/c8-2-3-5(10)6(11)4(9)1-7-3;8-3-4-6(10)5(9)1-2-7-4/h3-11H,1-2H2;4-10H,1-3H2/t3-,4+,5-,6-;4-,5-,6-/m11/s1. The summed E-state index contributed by atoms with van der Waals surface area (Å²) >= 11 is 0. The third-order valence-electron chi connectivity index (χ3n) is 3.79. The van der Waals surface area contributed by atoms with Gasteiger partial charge >= 0.3 is 0 Å². The molecule has 0 aromatic carbocycles. The molecule has 2 saturated heterocycles. The van der Waals surface area contributed by atoms with E-state index in [2.05, 4.69) is 10.6 Å². The second-order valence-electron chi connectivity index (χ2n) is 5.34. The molecule has 0 amide bonds. The Kier molecular flexibility index (Phi) is 7.95. The van der Waals surface area contributed by atoms with Crippen molar-refractivity contribution < 1.29 is 35.7 Å². The summed E-state index contributed by atoms with van der Waals surface area (Å²) in [7, 11) is 0. The molecule has 0 aliphatic carbocycles. The van der Waals surface area contributed by atoms with Crippen molar-refractivity contribution in [2.45, 2.75) is 49.0 Å². The average Bonchev–Trinajstić information content (AvgIpc) is 2.49. The van der Waals surface area contributed by atoms with Crippen molar-refractivity contribution in [3.05, 3.63) is 0 Å². The molecule has 9 nitrogen and oxygen atoms in total. The fourth-order valence-electron chi connectivity index (χ4n) is 2.30. The maximum atomic E-state index is 9.18. The molecule has 2 aliphatic heterocycles. The lowest BCUT2D eigenvalue weighted by Crippen LogP contribution is -2.60. The molecular weight excluding hydrogens is 284 g/mol. The van der Waals surface area contributed by atoms with Crippen molar-refractivity contribution in [3.8, 4) is 0 Å². The molecule has 21 heavy (non-hydrogen) atoms. The number of rotatable bonds is 2. The van der Waals surface area contributed by atoms with Crippen LogP contribution in [0.5, 0.6) is 0 Å². The van der Waals surface area contributed by atoms with E-state index in [1.165, 1.54) is 0 Å². The Balaban J connectivity index is 0.000000211. The largest absolute Gasteiger partial charge is 0.395 e. The number of aliphatic hydroxyl groups is 7. The van der Waals surface area contributed by atoms with E-state index in [-0.39, 0.29) is 25.8 Å². The van der Waals surface area contributed by atoms with Gasteiger partial charge in [-0.3, -0.25) is 0 Å². The fraction of sp³-hybridized carbons (Fsp3) is 1.00. The first kappa shape index (κ1) is 18.7. The Hall–Kier alpha value is -0.360. The smallest absolute Gasteiger partial charge is 0.109 e. The molecule has 126 valence electrons. The summed E-state index contributed by atoms with van der Waals surface area (Å²) in [4.78, 5) is 0. The summed E-state index contributed by atoms with van der Waals surface area (Å²) in [5, 5.41) is 68.4. The zero-order valence-corrected chi connectivity index (χ0v) is 11.7. The summed E-state index contributed by atoms with van der Waals surface area (Å²) in [5.74, 6) is 0. The van der Waals surface area contributed by atoms with Crippen LogP contribution >= 0.6 is 0 Å². The van der Waals surface area contributed by atoms with E-state index < -0.39 is 36.6 Å². The van der Waals surface area contributed by atoms with Crippen LogP contribution in [0.2, 0.25) is 0 Å². The number of β-amino-alcohol motifs (C(OH)–C–C–N with tert-alkyl or cyclic N) is 1. The lowest BCUT2D eigenvalue weighted by molar-refractivity contribution is -0.101. The first-order valence-corrected chi connectivity index (χ1v) is 7.01. The first-order chi connectivity index (χ1) is 9.92. The Morgan fingerprint density at radius 3 is 1.81 bits per heavy atom. The Labute approximate surface area is 122 Å². The lowest BCUT2D eigenvalue weighted by Gasteiger charge is -2.34. The minimum Gasteiger partial charge on any atom is -0.395 e. The second kappa shape index (κ2) is 8.93. The molecule has 2 heterocycles. The number of nitrogens with one attached hydrogen (secondary N) is 2. The van der Waals surface area contributed by atoms with Gasteiger partial charge in [0, 0.05) is 6.54 Å². The molecule has 2 fully saturated rings. The van der Waals surface area contributed by atoms with Crippen molar-refractivity contribution in [3.63, 3.8) is 0 Å². The normalized spacial score (nSPS) is 43.9. The van der Waals surface area contributed by atoms with E-state index >= 15 is 0 Å². The third kappa shape index (κ3) is 5.09. The van der Waals surface area contributed by atoms with Gasteiger partial charge in [-0.05, 0) is 13.0 Å². The topological polar surface area (TPSA) is 166 Å². The van der Waals surface area contributed by atoms with Gasteiger partial charge in [0.1, 0.15) is 6.10 Å². The second-order valence-corrected chi connectivity index (χ2v) is 5.34. The highest BCUT2D eigenvalue weighted by atomic mass is 16.4. The van der Waals surface area contributed by atoms with Crippen molar-refractivity contribution in [2.75, 3.05) is 26.3 Å². The van der Waals surface area contributed by atoms with Crippen LogP contribution < -0.4 is 10.6 Å². The average molecular weight is 310 g/mol. The number of hydrogen-bond donors (Lipinski definition) is 9. The predicted molar refractivity (Wildman–Crippen MR) is 72.4 cm³/mol. The van der Waals surface area contributed by atoms with Crippen LogP contribution in [0, 0.1) is 0 Å². The van der Waals surface area contributed by atoms with Crippen molar-refractivity contribution >= 4 is 0 Å². The minimum atomic E-state index is -1.16. The highest BCUT2D eigenvalue weighted by Gasteiger charge is 2.35. The molecule has 2 rings (SSSR count). The molecule has 9 heteroatoms. The van der Waals surface area contributed by atoms with Crippen LogP contribution in [0.4, 0.5) is 0 Å². The molecule has 0 bridgehead atoms. The number of aliphatic hydroxyl groups excluding tert-OH is 7. The van der Waals surface area contributed by atoms with Crippen LogP contribution in [0.1, 0.15) is 6.42 Å². The first-order valence-electron chi connectivity index (χ1n) is 7.01. The van der Waals surface area contributed by atoms with E-state index in [9.17, 15) is 5.11 Å². The van der Waals surface area contributed by atoms with Crippen LogP contribution in [-0.2, 0) is 0 Å². The maximum absolute atomic E-state index is 9.18. The molecule has 0 radical (unpaired) electrons. The molecule has 0 aromatic rings. The van der Waals surface area contributed by atoms with Crippen LogP contribution in [-0.4, -0.2) is 105 Å². The van der Waals surface area contributed by atoms with E-state index in [4.69, 9.17) is 30.6 Å². The molecule has 0 aromatic heterocycles. The van der Waals surface area contributed by atoms with E-state index in [0.717, 1.165) is 0 Å². The molecular formula is C12H26N2O7. The van der Waals surface area contributed by atoms with Gasteiger partial charge in [0.25, 0.3) is 0 Å². The highest BCUT2D eigenvalue weighted by Crippen LogP contribution is 2.09. The Morgan fingerprint density at radius 2 is 1.29 bits per heavy atom. The molecule has 0 unspecified atom stereocenters. The summed E-state index contributed by atoms with van der Waals surface area (Å²) in [5.41, 5.74) is 0. The van der Waals surface area contributed by atoms with Gasteiger partial charge in [0.2, 0.25) is 0 Å². The molecule has 0 saturated carbocycles.